The van der Waals surface area contributed by atoms with E-state index in [4.69, 9.17) is 16.3 Å². The van der Waals surface area contributed by atoms with Crippen molar-refractivity contribution in [3.63, 3.8) is 0 Å². The van der Waals surface area contributed by atoms with Gasteiger partial charge in [0.1, 0.15) is 17.5 Å². The van der Waals surface area contributed by atoms with Gasteiger partial charge in [0, 0.05) is 21.3 Å². The number of quaternary nitrogens is 1. The van der Waals surface area contributed by atoms with Crippen molar-refractivity contribution in [1.82, 2.24) is 5.32 Å². The van der Waals surface area contributed by atoms with Gasteiger partial charge in [-0.25, -0.2) is 0 Å². The second kappa shape index (κ2) is 9.35. The lowest BCUT2D eigenvalue weighted by Crippen LogP contribution is -2.89. The molecule has 6 heteroatoms. The van der Waals surface area contributed by atoms with E-state index >= 15 is 0 Å². The molecule has 3 aromatic carbocycles. The molecule has 4 rings (SSSR count). The Morgan fingerprint density at radius 2 is 1.84 bits per heavy atom. The standard InChI is InChI=1S/C25H24BrClN2O2/c1-3-15-4-6-16(7-5-15)21-14-22(19-13-18(27)9-10-23(19)30)29-25(28-21)20-12-17(26)8-11-24(20)31-2/h4-14,22,25,28-30H,3H2,1-2H3/p+1. The molecule has 2 atom stereocenters. The van der Waals surface area contributed by atoms with Crippen LogP contribution >= 0.6 is 27.5 Å². The summed E-state index contributed by atoms with van der Waals surface area (Å²) in [5.74, 6) is 1.03. The molecular weight excluding hydrogens is 476 g/mol. The number of nitrogens with one attached hydrogen (secondary N) is 1. The van der Waals surface area contributed by atoms with Gasteiger partial charge in [0.15, 0.2) is 6.17 Å². The molecule has 1 heterocycles. The maximum atomic E-state index is 10.6. The molecule has 0 fully saturated rings. The fourth-order valence-corrected chi connectivity index (χ4v) is 4.48. The number of nitrogens with two attached hydrogens (primary N) is 1. The minimum absolute atomic E-state index is 0.123. The predicted molar refractivity (Wildman–Crippen MR) is 128 cm³/mol. The van der Waals surface area contributed by atoms with E-state index in [-0.39, 0.29) is 18.0 Å². The first-order valence-corrected chi connectivity index (χ1v) is 11.4. The van der Waals surface area contributed by atoms with Crippen LogP contribution in [0.4, 0.5) is 0 Å². The Hall–Kier alpha value is -2.47. The molecule has 1 aliphatic heterocycles. The number of aromatic hydroxyl groups is 1. The molecule has 0 aliphatic carbocycles. The maximum Gasteiger partial charge on any atom is 0.190 e. The molecule has 31 heavy (non-hydrogen) atoms. The lowest BCUT2D eigenvalue weighted by atomic mass is 9.97. The van der Waals surface area contributed by atoms with Gasteiger partial charge in [-0.2, -0.15) is 0 Å². The third kappa shape index (κ3) is 4.74. The average molecular weight is 501 g/mol. The average Bonchev–Trinajstić information content (AvgIpc) is 2.80. The van der Waals surface area contributed by atoms with Crippen LogP contribution < -0.4 is 15.4 Å². The van der Waals surface area contributed by atoms with E-state index in [9.17, 15) is 5.11 Å². The maximum absolute atomic E-state index is 10.6. The number of halogens is 2. The summed E-state index contributed by atoms with van der Waals surface area (Å²) in [6.45, 7) is 2.15. The van der Waals surface area contributed by atoms with Crippen molar-refractivity contribution >= 4 is 33.2 Å². The van der Waals surface area contributed by atoms with Gasteiger partial charge in [-0.15, -0.1) is 0 Å². The van der Waals surface area contributed by atoms with Crippen LogP contribution in [-0.2, 0) is 6.42 Å². The van der Waals surface area contributed by atoms with E-state index in [0.717, 1.165) is 39.0 Å². The molecule has 0 saturated heterocycles. The Kier molecular flexibility index (Phi) is 6.56. The van der Waals surface area contributed by atoms with Crippen molar-refractivity contribution in [2.45, 2.75) is 25.6 Å². The number of benzene rings is 3. The topological polar surface area (TPSA) is 58.1 Å². The zero-order chi connectivity index (χ0) is 22.0. The Morgan fingerprint density at radius 3 is 2.55 bits per heavy atom. The van der Waals surface area contributed by atoms with Gasteiger partial charge in [-0.1, -0.05) is 58.7 Å². The molecule has 0 saturated carbocycles. The molecule has 0 bridgehead atoms. The predicted octanol–water partition coefficient (Wildman–Crippen LogP) is 5.33. The Bertz CT molecular complexity index is 1120. The van der Waals surface area contributed by atoms with Gasteiger partial charge < -0.3 is 20.5 Å². The van der Waals surface area contributed by atoms with Crippen molar-refractivity contribution in [3.05, 3.63) is 98.5 Å². The fraction of sp³-hybridized carbons (Fsp3) is 0.200. The molecule has 4 nitrogen and oxygen atoms in total. The highest BCUT2D eigenvalue weighted by Gasteiger charge is 2.31. The van der Waals surface area contributed by atoms with Crippen LogP contribution in [0, 0.1) is 0 Å². The van der Waals surface area contributed by atoms with E-state index in [1.807, 2.05) is 18.2 Å². The summed E-state index contributed by atoms with van der Waals surface area (Å²) >= 11 is 9.84. The van der Waals surface area contributed by atoms with Crippen LogP contribution in [0.2, 0.25) is 5.02 Å². The first-order valence-electron chi connectivity index (χ1n) is 10.2. The largest absolute Gasteiger partial charge is 0.507 e. The highest BCUT2D eigenvalue weighted by Crippen LogP contribution is 2.33. The van der Waals surface area contributed by atoms with E-state index in [1.54, 1.807) is 19.2 Å². The summed E-state index contributed by atoms with van der Waals surface area (Å²) in [6, 6.07) is 19.6. The molecular formula is C25H25BrClN2O2+. The quantitative estimate of drug-likeness (QED) is 0.444. The van der Waals surface area contributed by atoms with Gasteiger partial charge in [0.05, 0.1) is 18.2 Å². The molecule has 0 radical (unpaired) electrons. The third-order valence-electron chi connectivity index (χ3n) is 5.61. The van der Waals surface area contributed by atoms with E-state index in [0.29, 0.717) is 5.02 Å². The third-order valence-corrected chi connectivity index (χ3v) is 6.33. The number of hydrogen-bond donors (Lipinski definition) is 3. The number of phenols is 1. The second-order valence-electron chi connectivity index (χ2n) is 7.56. The fourth-order valence-electron chi connectivity index (χ4n) is 3.92. The van der Waals surface area contributed by atoms with Crippen molar-refractivity contribution in [1.29, 1.82) is 0 Å². The van der Waals surface area contributed by atoms with E-state index in [2.05, 4.69) is 69.9 Å². The van der Waals surface area contributed by atoms with Crippen molar-refractivity contribution in [2.24, 2.45) is 0 Å². The Morgan fingerprint density at radius 1 is 1.06 bits per heavy atom. The Balaban J connectivity index is 1.80. The zero-order valence-electron chi connectivity index (χ0n) is 17.4. The molecule has 0 spiro atoms. The van der Waals surface area contributed by atoms with Crippen LogP contribution in [0.25, 0.3) is 5.70 Å². The number of ether oxygens (including phenoxy) is 1. The number of hydrogen-bond acceptors (Lipinski definition) is 3. The van der Waals surface area contributed by atoms with Crippen LogP contribution in [0.3, 0.4) is 0 Å². The number of phenolic OH excluding ortho intramolecular Hbond substituents is 1. The molecule has 1 aliphatic rings. The van der Waals surface area contributed by atoms with Crippen LogP contribution in [0.1, 0.15) is 41.4 Å². The van der Waals surface area contributed by atoms with E-state index < -0.39 is 0 Å². The van der Waals surface area contributed by atoms with Gasteiger partial charge in [-0.05, 0) is 53.9 Å². The SMILES string of the molecule is CCc1ccc(C2=CC(c3cc(Cl)ccc3O)[NH2+]C(c3cc(Br)ccc3OC)N2)cc1. The molecule has 3 aromatic rings. The lowest BCUT2D eigenvalue weighted by molar-refractivity contribution is -0.731. The first kappa shape index (κ1) is 21.8. The molecule has 160 valence electrons. The molecule has 0 aromatic heterocycles. The van der Waals surface area contributed by atoms with Gasteiger partial charge in [0.2, 0.25) is 0 Å². The molecule has 4 N–H and O–H groups in total. The van der Waals surface area contributed by atoms with Crippen molar-refractivity contribution in [2.75, 3.05) is 7.11 Å². The Labute approximate surface area is 196 Å². The summed E-state index contributed by atoms with van der Waals surface area (Å²) < 4.78 is 6.61. The monoisotopic (exact) mass is 499 g/mol. The van der Waals surface area contributed by atoms with Crippen LogP contribution in [0.5, 0.6) is 11.5 Å². The molecule has 2 unspecified atom stereocenters. The summed E-state index contributed by atoms with van der Waals surface area (Å²) in [6.07, 6.45) is 3.01. The summed E-state index contributed by atoms with van der Waals surface area (Å²) in [4.78, 5) is 0. The summed E-state index contributed by atoms with van der Waals surface area (Å²) in [5.41, 5.74) is 5.17. The van der Waals surface area contributed by atoms with E-state index in [1.165, 1.54) is 5.56 Å². The van der Waals surface area contributed by atoms with Gasteiger partial charge in [-0.3, -0.25) is 0 Å². The van der Waals surface area contributed by atoms with Gasteiger partial charge in [0.25, 0.3) is 0 Å². The summed E-state index contributed by atoms with van der Waals surface area (Å²) in [7, 11) is 1.68. The van der Waals surface area contributed by atoms with Crippen molar-refractivity contribution < 1.29 is 15.2 Å². The normalized spacial score (nSPS) is 18.3. The van der Waals surface area contributed by atoms with Crippen molar-refractivity contribution in [3.8, 4) is 11.5 Å². The first-order chi connectivity index (χ1) is 15.0. The van der Waals surface area contributed by atoms with Gasteiger partial charge >= 0.3 is 0 Å². The molecule has 0 amide bonds. The smallest absolute Gasteiger partial charge is 0.190 e. The highest BCUT2D eigenvalue weighted by atomic mass is 79.9. The second-order valence-corrected chi connectivity index (χ2v) is 8.91. The highest BCUT2D eigenvalue weighted by molar-refractivity contribution is 9.10. The van der Waals surface area contributed by atoms with Crippen LogP contribution in [-0.4, -0.2) is 12.2 Å². The number of rotatable bonds is 5. The minimum atomic E-state index is -0.130. The summed E-state index contributed by atoms with van der Waals surface area (Å²) in [5, 5.41) is 17.0. The number of methoxy groups -OCH3 is 1. The zero-order valence-corrected chi connectivity index (χ0v) is 19.7. The minimum Gasteiger partial charge on any atom is -0.507 e. The van der Waals surface area contributed by atoms with Crippen LogP contribution in [0.15, 0.2) is 71.2 Å². The number of aryl methyl sites for hydroxylation is 1. The lowest BCUT2D eigenvalue weighted by Gasteiger charge is -2.31.